The van der Waals surface area contributed by atoms with Crippen molar-refractivity contribution in [1.29, 1.82) is 0 Å². The van der Waals surface area contributed by atoms with Crippen LogP contribution in [0.4, 0.5) is 0 Å². The van der Waals surface area contributed by atoms with Gasteiger partial charge in [-0.25, -0.2) is 9.97 Å². The number of fused-ring (bicyclic) bond motifs is 13. The average Bonchev–Trinajstić information content (AvgIpc) is 3.65. The SMILES string of the molecule is C=CN=C(/C=C\C)c1nc2ccccc2nc1-n1c2ccccc2c2c3ccccc3c3c4ccc5ccccc5c4sc3c21. The predicted octanol–water partition coefficient (Wildman–Crippen LogP) is 10.9. The van der Waals surface area contributed by atoms with Gasteiger partial charge in [-0.3, -0.25) is 9.56 Å². The molecule has 0 aliphatic carbocycles. The lowest BCUT2D eigenvalue weighted by Gasteiger charge is -2.14. The van der Waals surface area contributed by atoms with Gasteiger partial charge in [0.15, 0.2) is 5.82 Å². The van der Waals surface area contributed by atoms with Crippen molar-refractivity contribution in [3.05, 3.63) is 140 Å². The van der Waals surface area contributed by atoms with Gasteiger partial charge in [-0.15, -0.1) is 11.3 Å². The number of aromatic nitrogens is 3. The number of allylic oxidation sites excluding steroid dienone is 2. The van der Waals surface area contributed by atoms with Crippen molar-refractivity contribution in [1.82, 2.24) is 14.5 Å². The first-order valence-electron chi connectivity index (χ1n) is 15.0. The Kier molecular flexibility index (Phi) is 5.70. The average molecular weight is 595 g/mol. The molecule has 6 aromatic carbocycles. The van der Waals surface area contributed by atoms with Gasteiger partial charge in [0, 0.05) is 32.4 Å². The van der Waals surface area contributed by atoms with Gasteiger partial charge in [-0.1, -0.05) is 104 Å². The van der Waals surface area contributed by atoms with Crippen LogP contribution in [0, 0.1) is 0 Å². The monoisotopic (exact) mass is 594 g/mol. The van der Waals surface area contributed by atoms with Gasteiger partial charge in [0.2, 0.25) is 0 Å². The zero-order valence-electron chi connectivity index (χ0n) is 24.5. The van der Waals surface area contributed by atoms with Crippen LogP contribution in [0.2, 0.25) is 0 Å². The summed E-state index contributed by atoms with van der Waals surface area (Å²) in [5.41, 5.74) is 5.30. The van der Waals surface area contributed by atoms with E-state index < -0.39 is 0 Å². The van der Waals surface area contributed by atoms with Crippen molar-refractivity contribution in [3.8, 4) is 5.82 Å². The van der Waals surface area contributed by atoms with Crippen molar-refractivity contribution in [2.45, 2.75) is 6.92 Å². The van der Waals surface area contributed by atoms with E-state index in [1.165, 1.54) is 52.5 Å². The van der Waals surface area contributed by atoms with Crippen LogP contribution in [-0.4, -0.2) is 20.2 Å². The van der Waals surface area contributed by atoms with E-state index in [0.717, 1.165) is 27.9 Å². The first kappa shape index (κ1) is 25.8. The van der Waals surface area contributed by atoms with E-state index in [1.807, 2.05) is 54.7 Å². The van der Waals surface area contributed by atoms with Crippen LogP contribution in [0.25, 0.3) is 80.4 Å². The molecule has 45 heavy (non-hydrogen) atoms. The molecule has 0 atom stereocenters. The molecule has 4 nitrogen and oxygen atoms in total. The molecule has 3 heterocycles. The van der Waals surface area contributed by atoms with Crippen LogP contribution in [0.1, 0.15) is 12.6 Å². The Morgan fingerprint density at radius 1 is 0.689 bits per heavy atom. The maximum atomic E-state index is 5.35. The molecule has 0 fully saturated rings. The molecule has 0 aliphatic heterocycles. The molecule has 9 rings (SSSR count). The Hall–Kier alpha value is -5.65. The molecule has 0 radical (unpaired) electrons. The van der Waals surface area contributed by atoms with Crippen LogP contribution in [0.5, 0.6) is 0 Å². The molecule has 0 spiro atoms. The van der Waals surface area contributed by atoms with Gasteiger partial charge in [-0.2, -0.15) is 0 Å². The summed E-state index contributed by atoms with van der Waals surface area (Å²) in [4.78, 5) is 15.2. The number of thiophene rings is 1. The first-order valence-corrected chi connectivity index (χ1v) is 15.8. The number of rotatable bonds is 4. The van der Waals surface area contributed by atoms with Crippen LogP contribution in [0.3, 0.4) is 0 Å². The van der Waals surface area contributed by atoms with Crippen molar-refractivity contribution >= 4 is 91.6 Å². The highest BCUT2D eigenvalue weighted by molar-refractivity contribution is 7.27. The summed E-state index contributed by atoms with van der Waals surface area (Å²) in [6.07, 6.45) is 5.54. The maximum absolute atomic E-state index is 5.35. The van der Waals surface area contributed by atoms with E-state index in [-0.39, 0.29) is 0 Å². The van der Waals surface area contributed by atoms with Gasteiger partial charge in [-0.05, 0) is 52.7 Å². The van der Waals surface area contributed by atoms with Crippen molar-refractivity contribution in [2.75, 3.05) is 0 Å². The fourth-order valence-electron chi connectivity index (χ4n) is 6.88. The zero-order chi connectivity index (χ0) is 30.1. The normalized spacial score (nSPS) is 12.7. The van der Waals surface area contributed by atoms with E-state index in [9.17, 15) is 0 Å². The Bertz CT molecular complexity index is 2740. The van der Waals surface area contributed by atoms with E-state index in [2.05, 4.69) is 101 Å². The fraction of sp³-hybridized carbons (Fsp3) is 0.0250. The fourth-order valence-corrected chi connectivity index (χ4v) is 8.28. The molecular weight excluding hydrogens is 569 g/mol. The molecular formula is C40H26N4S. The molecule has 3 aromatic heterocycles. The quantitative estimate of drug-likeness (QED) is 0.190. The van der Waals surface area contributed by atoms with E-state index >= 15 is 0 Å². The summed E-state index contributed by atoms with van der Waals surface area (Å²) in [6.45, 7) is 5.90. The topological polar surface area (TPSA) is 43.1 Å². The molecule has 212 valence electrons. The summed E-state index contributed by atoms with van der Waals surface area (Å²) in [5.74, 6) is 0.748. The smallest absolute Gasteiger partial charge is 0.166 e. The second-order valence-corrected chi connectivity index (χ2v) is 12.2. The molecule has 0 unspecified atom stereocenters. The molecule has 9 aromatic rings. The van der Waals surface area contributed by atoms with Crippen molar-refractivity contribution in [2.24, 2.45) is 4.99 Å². The largest absolute Gasteiger partial charge is 0.290 e. The van der Waals surface area contributed by atoms with Crippen LogP contribution in [0.15, 0.2) is 139 Å². The maximum Gasteiger partial charge on any atom is 0.166 e. The highest BCUT2D eigenvalue weighted by Crippen LogP contribution is 2.49. The number of aliphatic imine (C=N–C) groups is 1. The molecule has 0 saturated heterocycles. The lowest BCUT2D eigenvalue weighted by Crippen LogP contribution is -2.11. The summed E-state index contributed by atoms with van der Waals surface area (Å²) in [7, 11) is 0. The van der Waals surface area contributed by atoms with Gasteiger partial charge >= 0.3 is 0 Å². The number of para-hydroxylation sites is 3. The van der Waals surface area contributed by atoms with Gasteiger partial charge in [0.1, 0.15) is 5.69 Å². The molecule has 0 bridgehead atoms. The Balaban J connectivity index is 1.58. The van der Waals surface area contributed by atoms with Gasteiger partial charge < -0.3 is 0 Å². The number of hydrogen-bond donors (Lipinski definition) is 0. The summed E-state index contributed by atoms with van der Waals surface area (Å²) in [5, 5.41) is 9.96. The lowest BCUT2D eigenvalue weighted by atomic mass is 9.98. The minimum atomic E-state index is 0.710. The van der Waals surface area contributed by atoms with E-state index in [4.69, 9.17) is 9.97 Å². The summed E-state index contributed by atoms with van der Waals surface area (Å²) >= 11 is 1.87. The third-order valence-corrected chi connectivity index (χ3v) is 9.94. The van der Waals surface area contributed by atoms with Crippen LogP contribution in [-0.2, 0) is 0 Å². The summed E-state index contributed by atoms with van der Waals surface area (Å²) < 4.78 is 4.86. The van der Waals surface area contributed by atoms with Crippen molar-refractivity contribution < 1.29 is 0 Å². The molecule has 0 N–H and O–H groups in total. The summed E-state index contributed by atoms with van der Waals surface area (Å²) in [6, 6.07) is 38.8. The molecule has 5 heteroatoms. The Labute approximate surface area is 262 Å². The Morgan fingerprint density at radius 2 is 1.36 bits per heavy atom. The number of hydrogen-bond acceptors (Lipinski definition) is 4. The molecule has 0 saturated carbocycles. The van der Waals surface area contributed by atoms with Gasteiger partial charge in [0.25, 0.3) is 0 Å². The third-order valence-electron chi connectivity index (χ3n) is 8.70. The number of nitrogens with zero attached hydrogens (tertiary/aromatic N) is 4. The molecule has 0 aliphatic rings. The zero-order valence-corrected chi connectivity index (χ0v) is 25.3. The van der Waals surface area contributed by atoms with Crippen LogP contribution >= 0.6 is 11.3 Å². The minimum Gasteiger partial charge on any atom is -0.290 e. The second-order valence-electron chi connectivity index (χ2n) is 11.2. The van der Waals surface area contributed by atoms with E-state index in [0.29, 0.717) is 11.4 Å². The number of benzene rings is 6. The minimum absolute atomic E-state index is 0.710. The van der Waals surface area contributed by atoms with Gasteiger partial charge in [0.05, 0.1) is 32.5 Å². The predicted molar refractivity (Wildman–Crippen MR) is 193 cm³/mol. The third kappa shape index (κ3) is 3.68. The Morgan fingerprint density at radius 3 is 2.13 bits per heavy atom. The standard InChI is InChI=1S/C40H26N4S/c1-3-13-32(41-4-2)36-40(43-31-20-11-10-19-30(31)42-36)44-33-21-12-9-18-28(33)34-26-16-7-8-17-27(26)35-29-23-22-24-14-5-6-15-25(24)38(29)45-39(35)37(34)44/h3-23H,2H2,1H3/b13-3-,41-32?. The van der Waals surface area contributed by atoms with Crippen LogP contribution < -0.4 is 0 Å². The second kappa shape index (κ2) is 9.94. The molecule has 0 amide bonds. The van der Waals surface area contributed by atoms with Crippen molar-refractivity contribution in [3.63, 3.8) is 0 Å². The lowest BCUT2D eigenvalue weighted by molar-refractivity contribution is 1.07. The first-order chi connectivity index (χ1) is 22.3. The van der Waals surface area contributed by atoms with E-state index in [1.54, 1.807) is 6.20 Å². The highest BCUT2D eigenvalue weighted by atomic mass is 32.1. The highest BCUT2D eigenvalue weighted by Gasteiger charge is 2.25.